The Morgan fingerprint density at radius 3 is 1.62 bits per heavy atom. The van der Waals surface area contributed by atoms with Gasteiger partial charge >= 0.3 is 0 Å². The van der Waals surface area contributed by atoms with Crippen LogP contribution in [0.5, 0.6) is 0 Å². The molecule has 7 aromatic carbocycles. The molecule has 7 aromatic rings. The fourth-order valence-corrected chi connectivity index (χ4v) is 17.4. The van der Waals surface area contributed by atoms with Crippen LogP contribution in [0.3, 0.4) is 0 Å². The van der Waals surface area contributed by atoms with Gasteiger partial charge in [0.05, 0.1) is 6.04 Å². The Morgan fingerprint density at radius 2 is 1.00 bits per heavy atom. The molecule has 2 nitrogen and oxygen atoms in total. The second-order valence-electron chi connectivity index (χ2n) is 17.7. The maximum atomic E-state index is 2.63. The molecule has 2 atom stereocenters. The van der Waals surface area contributed by atoms with Gasteiger partial charge in [-0.05, 0) is 119 Å². The lowest BCUT2D eigenvalue weighted by molar-refractivity contribution is 0.533. The van der Waals surface area contributed by atoms with E-state index in [1.807, 2.05) is 0 Å². The number of allylic oxidation sites excluding steroid dienone is 2. The predicted octanol–water partition coefficient (Wildman–Crippen LogP) is 10.6. The summed E-state index contributed by atoms with van der Waals surface area (Å²) in [7, 11) is -4.00. The van der Waals surface area contributed by atoms with E-state index < -0.39 is 16.1 Å². The summed E-state index contributed by atoms with van der Waals surface area (Å²) in [6, 6.07) is 52.2. The van der Waals surface area contributed by atoms with Crippen molar-refractivity contribution in [3.8, 4) is 22.3 Å². The first-order valence-electron chi connectivity index (χ1n) is 20.4. The standard InChI is InChI=1S/C52H44N2Si2/c1-55(2)47-27-25-40-39(51(47)41-23-21-37(31-49(41)55)53-43-17-9-5-13-33(43)29-34-14-6-10-18-44(34)53)26-28-48-52(40)42-24-22-38(32-50(42)56(48,3)4)54-45-19-11-7-15-35(45)30-36-16-8-12-20-46(36)54/h5-28,31-33,43H,29-30H2,1-4H3/t33?,43-/m1/s1. The highest BCUT2D eigenvalue weighted by atomic mass is 28.3. The second kappa shape index (κ2) is 11.4. The number of nitrogens with zero attached hydrogens (tertiary/aromatic N) is 2. The summed E-state index contributed by atoms with van der Waals surface area (Å²) in [6.07, 6.45) is 11.4. The molecule has 4 heteroatoms. The number of para-hydroxylation sites is 3. The minimum atomic E-state index is -2.01. The molecule has 0 spiro atoms. The Morgan fingerprint density at radius 1 is 0.482 bits per heavy atom. The van der Waals surface area contributed by atoms with E-state index in [0.29, 0.717) is 12.0 Å². The molecule has 0 fully saturated rings. The zero-order valence-electron chi connectivity index (χ0n) is 32.5. The van der Waals surface area contributed by atoms with Crippen molar-refractivity contribution in [3.05, 3.63) is 174 Å². The molecule has 4 aliphatic heterocycles. The third kappa shape index (κ3) is 4.32. The molecule has 56 heavy (non-hydrogen) atoms. The molecule has 0 aromatic heterocycles. The molecule has 0 saturated carbocycles. The van der Waals surface area contributed by atoms with E-state index in [1.54, 1.807) is 20.7 Å². The lowest BCUT2D eigenvalue weighted by Gasteiger charge is -2.43. The largest absolute Gasteiger partial charge is 0.334 e. The van der Waals surface area contributed by atoms with Crippen molar-refractivity contribution in [2.75, 3.05) is 9.80 Å². The Labute approximate surface area is 332 Å². The van der Waals surface area contributed by atoms with Gasteiger partial charge in [-0.25, -0.2) is 0 Å². The number of hydrogen-bond donors (Lipinski definition) is 0. The minimum absolute atomic E-state index is 0.331. The van der Waals surface area contributed by atoms with Crippen molar-refractivity contribution in [1.82, 2.24) is 0 Å². The molecule has 270 valence electrons. The van der Waals surface area contributed by atoms with Crippen molar-refractivity contribution >= 4 is 76.1 Å². The van der Waals surface area contributed by atoms with Crippen LogP contribution in [-0.4, -0.2) is 22.2 Å². The van der Waals surface area contributed by atoms with Gasteiger partial charge in [0.15, 0.2) is 0 Å². The van der Waals surface area contributed by atoms with E-state index in [1.165, 1.54) is 78.2 Å². The summed E-state index contributed by atoms with van der Waals surface area (Å²) in [5.41, 5.74) is 16.6. The van der Waals surface area contributed by atoms with E-state index in [0.717, 1.165) is 12.8 Å². The summed E-state index contributed by atoms with van der Waals surface area (Å²) in [5.74, 6) is 0.481. The average molecular weight is 753 g/mol. The van der Waals surface area contributed by atoms with Gasteiger partial charge in [0.1, 0.15) is 16.1 Å². The van der Waals surface area contributed by atoms with Crippen molar-refractivity contribution in [2.45, 2.75) is 45.1 Å². The summed E-state index contributed by atoms with van der Waals surface area (Å²) in [4.78, 5) is 5.13. The van der Waals surface area contributed by atoms with Crippen LogP contribution in [0.25, 0.3) is 33.0 Å². The van der Waals surface area contributed by atoms with Gasteiger partial charge < -0.3 is 9.80 Å². The lowest BCUT2D eigenvalue weighted by Crippen LogP contribution is -2.50. The van der Waals surface area contributed by atoms with Crippen molar-refractivity contribution < 1.29 is 0 Å². The van der Waals surface area contributed by atoms with Gasteiger partial charge in [0.2, 0.25) is 0 Å². The highest BCUT2D eigenvalue weighted by molar-refractivity contribution is 7.05. The molecule has 0 N–H and O–H groups in total. The van der Waals surface area contributed by atoms with Gasteiger partial charge in [0, 0.05) is 40.8 Å². The molecule has 5 aliphatic rings. The normalized spacial score (nSPS) is 19.7. The molecule has 0 saturated heterocycles. The molecule has 0 bridgehead atoms. The fraction of sp³-hybridized carbons (Fsp3) is 0.154. The van der Waals surface area contributed by atoms with Crippen molar-refractivity contribution in [2.24, 2.45) is 5.92 Å². The molecule has 4 heterocycles. The summed E-state index contributed by atoms with van der Waals surface area (Å²) in [6.45, 7) is 10.3. The summed E-state index contributed by atoms with van der Waals surface area (Å²) < 4.78 is 0. The predicted molar refractivity (Wildman–Crippen MR) is 244 cm³/mol. The quantitative estimate of drug-likeness (QED) is 0.162. The average Bonchev–Trinajstić information content (AvgIpc) is 3.60. The van der Waals surface area contributed by atoms with Crippen LogP contribution in [0, 0.1) is 5.92 Å². The molecular weight excluding hydrogens is 709 g/mol. The number of hydrogen-bond acceptors (Lipinski definition) is 2. The third-order valence-corrected chi connectivity index (χ3v) is 21.1. The Kier molecular flexibility index (Phi) is 6.65. The second-order valence-corrected chi connectivity index (χ2v) is 26.3. The summed E-state index contributed by atoms with van der Waals surface area (Å²) in [5, 5.41) is 9.07. The van der Waals surface area contributed by atoms with E-state index >= 15 is 0 Å². The highest BCUT2D eigenvalue weighted by Crippen LogP contribution is 2.47. The van der Waals surface area contributed by atoms with Crippen molar-refractivity contribution in [3.63, 3.8) is 0 Å². The lowest BCUT2D eigenvalue weighted by atomic mass is 9.82. The molecular formula is C52H44N2Si2. The van der Waals surface area contributed by atoms with Crippen LogP contribution in [0.2, 0.25) is 26.2 Å². The maximum Gasteiger partial charge on any atom is 0.113 e. The molecule has 1 unspecified atom stereocenters. The van der Waals surface area contributed by atoms with E-state index in [9.17, 15) is 0 Å². The highest BCUT2D eigenvalue weighted by Gasteiger charge is 2.43. The topological polar surface area (TPSA) is 6.48 Å². The van der Waals surface area contributed by atoms with Crippen LogP contribution in [0.1, 0.15) is 16.7 Å². The van der Waals surface area contributed by atoms with E-state index in [4.69, 9.17) is 0 Å². The van der Waals surface area contributed by atoms with Crippen LogP contribution in [-0.2, 0) is 12.8 Å². The first kappa shape index (κ1) is 32.5. The zero-order chi connectivity index (χ0) is 37.5. The fourth-order valence-electron chi connectivity index (χ4n) is 11.3. The Bertz CT molecular complexity index is 2870. The van der Waals surface area contributed by atoms with E-state index in [2.05, 4.69) is 194 Å². The van der Waals surface area contributed by atoms with Crippen LogP contribution < -0.4 is 30.5 Å². The van der Waals surface area contributed by atoms with Gasteiger partial charge in [-0.1, -0.05) is 141 Å². The van der Waals surface area contributed by atoms with Crippen LogP contribution >= 0.6 is 0 Å². The first-order chi connectivity index (χ1) is 27.3. The maximum absolute atomic E-state index is 2.63. The molecule has 0 amide bonds. The molecule has 0 radical (unpaired) electrons. The molecule has 1 aliphatic carbocycles. The van der Waals surface area contributed by atoms with Crippen LogP contribution in [0.4, 0.5) is 28.4 Å². The smallest absolute Gasteiger partial charge is 0.113 e. The van der Waals surface area contributed by atoms with Gasteiger partial charge in [-0.3, -0.25) is 0 Å². The minimum Gasteiger partial charge on any atom is -0.334 e. The number of rotatable bonds is 2. The van der Waals surface area contributed by atoms with E-state index in [-0.39, 0.29) is 0 Å². The van der Waals surface area contributed by atoms with Crippen molar-refractivity contribution in [1.29, 1.82) is 0 Å². The number of anilines is 5. The monoisotopic (exact) mass is 752 g/mol. The van der Waals surface area contributed by atoms with Gasteiger partial charge in [-0.15, -0.1) is 0 Å². The third-order valence-electron chi connectivity index (χ3n) is 14.0. The summed E-state index contributed by atoms with van der Waals surface area (Å²) >= 11 is 0. The SMILES string of the molecule is C[Si]1(C)c2cc(N3c4ccccc4Cc4ccccc43)ccc2-c2c1ccc1c3c(ccc21)[Si](C)(C)c1cc(N2c4ccccc4CC4C=CC=C[C@H]42)ccc1-3. The molecule has 12 rings (SSSR count). The van der Waals surface area contributed by atoms with Gasteiger partial charge in [0.25, 0.3) is 0 Å². The Balaban J connectivity index is 1.00. The number of benzene rings is 7. The number of fused-ring (bicyclic) bond motifs is 13. The van der Waals surface area contributed by atoms with Gasteiger partial charge in [-0.2, -0.15) is 0 Å². The zero-order valence-corrected chi connectivity index (χ0v) is 34.5. The first-order valence-corrected chi connectivity index (χ1v) is 26.4. The Hall–Kier alpha value is -5.69. The van der Waals surface area contributed by atoms with Crippen LogP contribution in [0.15, 0.2) is 158 Å².